The summed E-state index contributed by atoms with van der Waals surface area (Å²) >= 11 is 5.87. The van der Waals surface area contributed by atoms with E-state index >= 15 is 0 Å². The summed E-state index contributed by atoms with van der Waals surface area (Å²) in [5.74, 6) is 0.637. The van der Waals surface area contributed by atoms with Gasteiger partial charge in [0, 0.05) is 7.05 Å². The third kappa shape index (κ3) is 2.29. The number of rotatable bonds is 3. The average molecular weight is 202 g/mol. The van der Waals surface area contributed by atoms with Gasteiger partial charge in [0.2, 0.25) is 0 Å². The van der Waals surface area contributed by atoms with Crippen LogP contribution < -0.4 is 4.90 Å². The maximum atomic E-state index is 8.93. The molecule has 4 nitrogen and oxygen atoms in total. The molecule has 72 valence electrons. The fourth-order valence-corrected chi connectivity index (χ4v) is 1.14. The molecule has 1 atom stereocenters. The number of aliphatic hydroxyl groups is 1. The van der Waals surface area contributed by atoms with E-state index in [-0.39, 0.29) is 12.6 Å². The van der Waals surface area contributed by atoms with E-state index in [4.69, 9.17) is 16.7 Å². The molecular weight excluding hydrogens is 190 g/mol. The molecule has 0 bridgehead atoms. The van der Waals surface area contributed by atoms with E-state index < -0.39 is 0 Å². The number of hydrogen-bond acceptors (Lipinski definition) is 4. The molecule has 0 fully saturated rings. The average Bonchev–Trinajstić information content (AvgIpc) is 2.16. The van der Waals surface area contributed by atoms with Gasteiger partial charge >= 0.3 is 0 Å². The Morgan fingerprint density at radius 1 is 1.69 bits per heavy atom. The molecule has 0 aliphatic heterocycles. The molecule has 0 saturated heterocycles. The van der Waals surface area contributed by atoms with Crippen LogP contribution in [-0.4, -0.2) is 34.8 Å². The van der Waals surface area contributed by atoms with Crippen molar-refractivity contribution >= 4 is 17.4 Å². The van der Waals surface area contributed by atoms with Crippen LogP contribution in [0.1, 0.15) is 6.92 Å². The van der Waals surface area contributed by atoms with Crippen LogP contribution in [0.25, 0.3) is 0 Å². The highest BCUT2D eigenvalue weighted by Crippen LogP contribution is 2.21. The first-order valence-corrected chi connectivity index (χ1v) is 4.33. The van der Waals surface area contributed by atoms with Crippen molar-refractivity contribution in [2.24, 2.45) is 0 Å². The molecule has 0 saturated carbocycles. The topological polar surface area (TPSA) is 49.2 Å². The van der Waals surface area contributed by atoms with Gasteiger partial charge in [0.15, 0.2) is 5.82 Å². The molecule has 1 aromatic heterocycles. The molecule has 1 unspecified atom stereocenters. The molecule has 1 rings (SSSR count). The number of hydrogen-bond donors (Lipinski definition) is 1. The zero-order valence-corrected chi connectivity index (χ0v) is 8.36. The summed E-state index contributed by atoms with van der Waals surface area (Å²) in [5, 5.41) is 9.42. The zero-order valence-electron chi connectivity index (χ0n) is 7.61. The Kier molecular flexibility index (Phi) is 3.45. The summed E-state index contributed by atoms with van der Waals surface area (Å²) in [6, 6.07) is -0.00704. The molecule has 13 heavy (non-hydrogen) atoms. The van der Waals surface area contributed by atoms with Crippen molar-refractivity contribution in [2.45, 2.75) is 13.0 Å². The van der Waals surface area contributed by atoms with Crippen molar-refractivity contribution < 1.29 is 5.11 Å². The monoisotopic (exact) mass is 201 g/mol. The third-order valence-corrected chi connectivity index (χ3v) is 2.17. The van der Waals surface area contributed by atoms with Crippen LogP contribution in [0.3, 0.4) is 0 Å². The van der Waals surface area contributed by atoms with E-state index in [9.17, 15) is 0 Å². The Balaban J connectivity index is 2.88. The van der Waals surface area contributed by atoms with E-state index in [0.29, 0.717) is 10.8 Å². The highest BCUT2D eigenvalue weighted by Gasteiger charge is 2.12. The summed E-state index contributed by atoms with van der Waals surface area (Å²) in [4.78, 5) is 9.61. The second kappa shape index (κ2) is 4.39. The number of halogens is 1. The van der Waals surface area contributed by atoms with Crippen molar-refractivity contribution in [3.63, 3.8) is 0 Å². The molecule has 1 N–H and O–H groups in total. The second-order valence-electron chi connectivity index (χ2n) is 2.84. The van der Waals surface area contributed by atoms with Crippen LogP contribution in [0.4, 0.5) is 5.82 Å². The van der Waals surface area contributed by atoms with Gasteiger partial charge in [-0.2, -0.15) is 0 Å². The van der Waals surface area contributed by atoms with Crippen molar-refractivity contribution in [1.82, 2.24) is 9.97 Å². The Hall–Kier alpha value is -0.870. The third-order valence-electron chi connectivity index (χ3n) is 1.91. The molecule has 0 spiro atoms. The van der Waals surface area contributed by atoms with Crippen molar-refractivity contribution in [2.75, 3.05) is 18.6 Å². The largest absolute Gasteiger partial charge is 0.394 e. The minimum Gasteiger partial charge on any atom is -0.394 e. The maximum Gasteiger partial charge on any atom is 0.150 e. The first kappa shape index (κ1) is 10.2. The van der Waals surface area contributed by atoms with Gasteiger partial charge in [0.1, 0.15) is 11.3 Å². The minimum absolute atomic E-state index is 0.00704. The zero-order chi connectivity index (χ0) is 9.84. The number of aromatic nitrogens is 2. The quantitative estimate of drug-likeness (QED) is 0.791. The first-order chi connectivity index (χ1) is 6.16. The van der Waals surface area contributed by atoms with Crippen molar-refractivity contribution in [3.05, 3.63) is 17.5 Å². The number of nitrogens with zero attached hydrogens (tertiary/aromatic N) is 3. The van der Waals surface area contributed by atoms with Gasteiger partial charge in [-0.15, -0.1) is 0 Å². The van der Waals surface area contributed by atoms with Crippen LogP contribution in [0.5, 0.6) is 0 Å². The molecule has 0 aliphatic carbocycles. The van der Waals surface area contributed by atoms with Gasteiger partial charge in [-0.1, -0.05) is 11.6 Å². The number of aliphatic hydroxyl groups excluding tert-OH is 1. The standard InChI is InChI=1S/C8H12ClN3O/c1-6(4-13)12(2)8-7(9)3-10-5-11-8/h3,5-6,13H,4H2,1-2H3. The molecule has 0 radical (unpaired) electrons. The van der Waals surface area contributed by atoms with E-state index in [1.807, 2.05) is 18.9 Å². The van der Waals surface area contributed by atoms with E-state index in [2.05, 4.69) is 9.97 Å². The highest BCUT2D eigenvalue weighted by atomic mass is 35.5. The van der Waals surface area contributed by atoms with E-state index in [1.54, 1.807) is 0 Å². The van der Waals surface area contributed by atoms with Gasteiger partial charge in [0.25, 0.3) is 0 Å². The summed E-state index contributed by atoms with van der Waals surface area (Å²) in [5.41, 5.74) is 0. The lowest BCUT2D eigenvalue weighted by atomic mass is 10.3. The van der Waals surface area contributed by atoms with Crippen LogP contribution in [0.2, 0.25) is 5.02 Å². The second-order valence-corrected chi connectivity index (χ2v) is 3.24. The molecule has 0 amide bonds. The highest BCUT2D eigenvalue weighted by molar-refractivity contribution is 6.32. The predicted molar refractivity (Wildman–Crippen MR) is 52.0 cm³/mol. The van der Waals surface area contributed by atoms with E-state index in [1.165, 1.54) is 12.5 Å². The molecule has 0 aliphatic rings. The molecular formula is C8H12ClN3O. The predicted octanol–water partition coefficient (Wildman–Crippen LogP) is 0.947. The maximum absolute atomic E-state index is 8.93. The van der Waals surface area contributed by atoms with Gasteiger partial charge in [0.05, 0.1) is 18.8 Å². The van der Waals surface area contributed by atoms with Crippen molar-refractivity contribution in [3.8, 4) is 0 Å². The number of anilines is 1. The molecule has 0 aromatic carbocycles. The van der Waals surface area contributed by atoms with Crippen LogP contribution in [0.15, 0.2) is 12.5 Å². The van der Waals surface area contributed by atoms with Gasteiger partial charge in [-0.25, -0.2) is 9.97 Å². The Morgan fingerprint density at radius 3 is 2.92 bits per heavy atom. The smallest absolute Gasteiger partial charge is 0.150 e. The van der Waals surface area contributed by atoms with Crippen LogP contribution >= 0.6 is 11.6 Å². The summed E-state index contributed by atoms with van der Waals surface area (Å²) < 4.78 is 0. The Bertz CT molecular complexity index is 282. The lowest BCUT2D eigenvalue weighted by molar-refractivity contribution is 0.270. The molecule has 1 heterocycles. The van der Waals surface area contributed by atoms with Crippen LogP contribution in [0, 0.1) is 0 Å². The van der Waals surface area contributed by atoms with Crippen molar-refractivity contribution in [1.29, 1.82) is 0 Å². The fourth-order valence-electron chi connectivity index (χ4n) is 0.897. The minimum atomic E-state index is -0.00704. The summed E-state index contributed by atoms with van der Waals surface area (Å²) in [7, 11) is 1.83. The van der Waals surface area contributed by atoms with E-state index in [0.717, 1.165) is 0 Å². The SMILES string of the molecule is CC(CO)N(C)c1ncncc1Cl. The lowest BCUT2D eigenvalue weighted by Crippen LogP contribution is -2.32. The van der Waals surface area contributed by atoms with Gasteiger partial charge in [-0.3, -0.25) is 0 Å². The Morgan fingerprint density at radius 2 is 2.38 bits per heavy atom. The first-order valence-electron chi connectivity index (χ1n) is 3.96. The van der Waals surface area contributed by atoms with Gasteiger partial charge in [-0.05, 0) is 6.92 Å². The van der Waals surface area contributed by atoms with Crippen LogP contribution in [-0.2, 0) is 0 Å². The summed E-state index contributed by atoms with van der Waals surface area (Å²) in [6.07, 6.45) is 2.96. The summed E-state index contributed by atoms with van der Waals surface area (Å²) in [6.45, 7) is 1.95. The lowest BCUT2D eigenvalue weighted by Gasteiger charge is -2.24. The normalized spacial score (nSPS) is 12.6. The fraction of sp³-hybridized carbons (Fsp3) is 0.500. The molecule has 1 aromatic rings. The molecule has 5 heteroatoms. The van der Waals surface area contributed by atoms with Gasteiger partial charge < -0.3 is 10.0 Å². The Labute approximate surface area is 82.2 Å². The number of likely N-dealkylation sites (N-methyl/N-ethyl adjacent to an activating group) is 1.